The van der Waals surface area contributed by atoms with Crippen molar-refractivity contribution in [3.05, 3.63) is 35.5 Å². The standard InChI is InChI=1S/C16H17N5O3S2/c1-21(2)12-5-3-4-11(8-12)14-18-19-16(24-14)20-26(22,23)13-9-17-15(25-13)10-6-7-10/h3-5,8-10H,6-7H2,1-2H3,(H,19,20). The van der Waals surface area contributed by atoms with Crippen molar-refractivity contribution in [3.63, 3.8) is 0 Å². The zero-order valence-electron chi connectivity index (χ0n) is 14.2. The van der Waals surface area contributed by atoms with Gasteiger partial charge in [-0.1, -0.05) is 11.2 Å². The number of hydrogen-bond acceptors (Lipinski definition) is 8. The van der Waals surface area contributed by atoms with Crippen LogP contribution < -0.4 is 9.62 Å². The van der Waals surface area contributed by atoms with Gasteiger partial charge in [0, 0.05) is 31.3 Å². The van der Waals surface area contributed by atoms with Gasteiger partial charge < -0.3 is 9.32 Å². The summed E-state index contributed by atoms with van der Waals surface area (Å²) in [6.07, 6.45) is 3.51. The van der Waals surface area contributed by atoms with Crippen LogP contribution in [0.4, 0.5) is 11.7 Å². The van der Waals surface area contributed by atoms with E-state index in [9.17, 15) is 8.42 Å². The van der Waals surface area contributed by atoms with Gasteiger partial charge in [-0.05, 0) is 31.0 Å². The third kappa shape index (κ3) is 3.42. The van der Waals surface area contributed by atoms with Crippen LogP contribution in [0.3, 0.4) is 0 Å². The van der Waals surface area contributed by atoms with E-state index in [0.29, 0.717) is 11.5 Å². The first-order chi connectivity index (χ1) is 12.4. The number of thiazole rings is 1. The van der Waals surface area contributed by atoms with Crippen LogP contribution in [-0.4, -0.2) is 37.7 Å². The summed E-state index contributed by atoms with van der Waals surface area (Å²) in [5.41, 5.74) is 1.68. The smallest absolute Gasteiger partial charge is 0.330 e. The first-order valence-corrected chi connectivity index (χ1v) is 10.3. The van der Waals surface area contributed by atoms with E-state index in [1.165, 1.54) is 17.5 Å². The van der Waals surface area contributed by atoms with Crippen LogP contribution in [0.5, 0.6) is 0 Å². The third-order valence-electron chi connectivity index (χ3n) is 3.95. The van der Waals surface area contributed by atoms with E-state index >= 15 is 0 Å². The molecular formula is C16H17N5O3S2. The van der Waals surface area contributed by atoms with E-state index in [2.05, 4.69) is 19.9 Å². The average Bonchev–Trinajstić information content (AvgIpc) is 3.15. The summed E-state index contributed by atoms with van der Waals surface area (Å²) in [6.45, 7) is 0. The Kier molecular flexibility index (Phi) is 4.16. The number of benzene rings is 1. The minimum Gasteiger partial charge on any atom is -0.403 e. The number of aromatic nitrogens is 3. The summed E-state index contributed by atoms with van der Waals surface area (Å²) >= 11 is 1.18. The van der Waals surface area contributed by atoms with Crippen LogP contribution in [0.2, 0.25) is 0 Å². The molecule has 136 valence electrons. The second kappa shape index (κ2) is 6.36. The fraction of sp³-hybridized carbons (Fsp3) is 0.312. The molecule has 1 fully saturated rings. The minimum atomic E-state index is -3.79. The molecule has 0 radical (unpaired) electrons. The Balaban J connectivity index is 1.55. The SMILES string of the molecule is CN(C)c1cccc(-c2nnc(NS(=O)(=O)c3cnc(C4CC4)s3)o2)c1. The number of hydrogen-bond donors (Lipinski definition) is 1. The van der Waals surface area contributed by atoms with Crippen molar-refractivity contribution < 1.29 is 12.8 Å². The van der Waals surface area contributed by atoms with Crippen molar-refractivity contribution in [1.82, 2.24) is 15.2 Å². The molecule has 0 aliphatic heterocycles. The predicted molar refractivity (Wildman–Crippen MR) is 99.0 cm³/mol. The van der Waals surface area contributed by atoms with E-state index < -0.39 is 10.0 Å². The fourth-order valence-electron chi connectivity index (χ4n) is 2.38. The summed E-state index contributed by atoms with van der Waals surface area (Å²) in [6, 6.07) is 7.36. The maximum atomic E-state index is 12.5. The largest absolute Gasteiger partial charge is 0.403 e. The lowest BCUT2D eigenvalue weighted by Crippen LogP contribution is -2.11. The Morgan fingerprint density at radius 1 is 1.27 bits per heavy atom. The zero-order chi connectivity index (χ0) is 18.3. The Hall–Kier alpha value is -2.46. The van der Waals surface area contributed by atoms with E-state index in [4.69, 9.17) is 4.42 Å². The Morgan fingerprint density at radius 3 is 2.81 bits per heavy atom. The highest BCUT2D eigenvalue weighted by Gasteiger charge is 2.29. The molecule has 1 N–H and O–H groups in total. The van der Waals surface area contributed by atoms with Crippen molar-refractivity contribution >= 4 is 33.1 Å². The molecule has 0 bridgehead atoms. The van der Waals surface area contributed by atoms with Crippen molar-refractivity contribution in [2.45, 2.75) is 23.0 Å². The molecule has 10 heteroatoms. The highest BCUT2D eigenvalue weighted by molar-refractivity contribution is 7.94. The maximum Gasteiger partial charge on any atom is 0.330 e. The van der Waals surface area contributed by atoms with Crippen LogP contribution in [0.25, 0.3) is 11.5 Å². The van der Waals surface area contributed by atoms with Crippen LogP contribution in [0.1, 0.15) is 23.8 Å². The molecule has 0 unspecified atom stereocenters. The molecule has 8 nitrogen and oxygen atoms in total. The van der Waals surface area contributed by atoms with E-state index in [1.54, 1.807) is 0 Å². The van der Waals surface area contributed by atoms with E-state index in [0.717, 1.165) is 23.5 Å². The average molecular weight is 391 g/mol. The van der Waals surface area contributed by atoms with Gasteiger partial charge >= 0.3 is 6.01 Å². The normalized spacial score (nSPS) is 14.4. The number of sulfonamides is 1. The van der Waals surface area contributed by atoms with Gasteiger partial charge in [0.15, 0.2) is 4.21 Å². The molecule has 1 aromatic carbocycles. The van der Waals surface area contributed by atoms with Gasteiger partial charge in [-0.15, -0.1) is 16.4 Å². The van der Waals surface area contributed by atoms with Crippen LogP contribution in [0.15, 0.2) is 39.1 Å². The van der Waals surface area contributed by atoms with Crippen molar-refractivity contribution in [3.8, 4) is 11.5 Å². The van der Waals surface area contributed by atoms with Crippen LogP contribution >= 0.6 is 11.3 Å². The molecule has 0 amide bonds. The maximum absolute atomic E-state index is 12.5. The van der Waals surface area contributed by atoms with Crippen molar-refractivity contribution in [1.29, 1.82) is 0 Å². The van der Waals surface area contributed by atoms with Crippen LogP contribution in [0, 0.1) is 0 Å². The highest BCUT2D eigenvalue weighted by atomic mass is 32.2. The summed E-state index contributed by atoms with van der Waals surface area (Å²) in [5, 5.41) is 8.59. The molecule has 1 saturated carbocycles. The summed E-state index contributed by atoms with van der Waals surface area (Å²) in [4.78, 5) is 6.14. The second-order valence-corrected chi connectivity index (χ2v) is 9.23. The lowest BCUT2D eigenvalue weighted by Gasteiger charge is -2.12. The Bertz CT molecular complexity index is 1040. The van der Waals surface area contributed by atoms with Crippen molar-refractivity contribution in [2.75, 3.05) is 23.7 Å². The predicted octanol–water partition coefficient (Wildman–Crippen LogP) is 2.94. The molecule has 26 heavy (non-hydrogen) atoms. The molecule has 1 aliphatic carbocycles. The molecule has 0 spiro atoms. The fourth-order valence-corrected chi connectivity index (χ4v) is 4.62. The van der Waals surface area contributed by atoms with Gasteiger partial charge in [0.2, 0.25) is 5.89 Å². The third-order valence-corrected chi connectivity index (χ3v) is 6.89. The quantitative estimate of drug-likeness (QED) is 0.689. The Morgan fingerprint density at radius 2 is 2.08 bits per heavy atom. The van der Waals surface area contributed by atoms with Crippen LogP contribution in [-0.2, 0) is 10.0 Å². The molecule has 2 heterocycles. The van der Waals surface area contributed by atoms with Gasteiger partial charge in [0.05, 0.1) is 11.2 Å². The first-order valence-electron chi connectivity index (χ1n) is 8.02. The van der Waals surface area contributed by atoms with Gasteiger partial charge in [0.25, 0.3) is 10.0 Å². The molecule has 3 aromatic rings. The Labute approximate surface area is 154 Å². The van der Waals surface area contributed by atoms with E-state index in [1.807, 2.05) is 43.3 Å². The summed E-state index contributed by atoms with van der Waals surface area (Å²) in [7, 11) is 0.0689. The number of nitrogens with zero attached hydrogens (tertiary/aromatic N) is 4. The summed E-state index contributed by atoms with van der Waals surface area (Å²) < 4.78 is 32.9. The highest BCUT2D eigenvalue weighted by Crippen LogP contribution is 2.42. The second-order valence-electron chi connectivity index (χ2n) is 6.25. The van der Waals surface area contributed by atoms with E-state index in [-0.39, 0.29) is 16.1 Å². The van der Waals surface area contributed by atoms with Gasteiger partial charge in [0.1, 0.15) is 0 Å². The zero-order valence-corrected chi connectivity index (χ0v) is 15.8. The summed E-state index contributed by atoms with van der Waals surface area (Å²) in [5.74, 6) is 0.650. The first kappa shape index (κ1) is 17.0. The molecule has 1 aliphatic rings. The minimum absolute atomic E-state index is 0.147. The lowest BCUT2D eigenvalue weighted by atomic mass is 10.2. The molecule has 0 atom stereocenters. The van der Waals surface area contributed by atoms with Crippen molar-refractivity contribution in [2.24, 2.45) is 0 Å². The topological polar surface area (TPSA) is 101 Å². The number of nitrogens with one attached hydrogen (secondary N) is 1. The number of rotatable bonds is 6. The molecule has 0 saturated heterocycles. The van der Waals surface area contributed by atoms with Gasteiger partial charge in [-0.2, -0.15) is 0 Å². The monoisotopic (exact) mass is 391 g/mol. The number of anilines is 2. The van der Waals surface area contributed by atoms with Gasteiger partial charge in [-0.25, -0.2) is 18.1 Å². The lowest BCUT2D eigenvalue weighted by molar-refractivity contribution is 0.578. The molecule has 4 rings (SSSR count). The molecule has 2 aromatic heterocycles. The molecular weight excluding hydrogens is 374 g/mol. The van der Waals surface area contributed by atoms with Gasteiger partial charge in [-0.3, -0.25) is 0 Å².